The zero-order valence-electron chi connectivity index (χ0n) is 10.4. The van der Waals surface area contributed by atoms with Crippen LogP contribution in [0.5, 0.6) is 0 Å². The highest BCUT2D eigenvalue weighted by Gasteiger charge is 2.15. The highest BCUT2D eigenvalue weighted by atomic mass is 32.2. The molecule has 0 rings (SSSR count). The summed E-state index contributed by atoms with van der Waals surface area (Å²) in [5.74, 6) is 1.17. The van der Waals surface area contributed by atoms with E-state index in [1.165, 1.54) is 12.8 Å². The zero-order valence-corrected chi connectivity index (χ0v) is 11.2. The summed E-state index contributed by atoms with van der Waals surface area (Å²) in [5.41, 5.74) is 0. The molecule has 0 saturated heterocycles. The van der Waals surface area contributed by atoms with Crippen LogP contribution in [0.15, 0.2) is 0 Å². The molecule has 0 aromatic carbocycles. The molecule has 0 aliphatic heterocycles. The maximum absolute atomic E-state index is 11.3. The zero-order chi connectivity index (χ0) is 11.9. The molecular weight excluding hydrogens is 210 g/mol. The van der Waals surface area contributed by atoms with Gasteiger partial charge in [0.2, 0.25) is 10.0 Å². The fraction of sp³-hybridized carbons (Fsp3) is 1.00. The van der Waals surface area contributed by atoms with Gasteiger partial charge in [0.1, 0.15) is 0 Å². The Balaban J connectivity index is 4.07. The number of hydrogen-bond acceptors (Lipinski definition) is 2. The Morgan fingerprint density at radius 2 is 1.80 bits per heavy atom. The van der Waals surface area contributed by atoms with Gasteiger partial charge in [-0.1, -0.05) is 33.6 Å². The minimum Gasteiger partial charge on any atom is -0.215 e. The molecule has 3 nitrogen and oxygen atoms in total. The number of unbranched alkanes of at least 4 members (excludes halogenated alkanes) is 1. The van der Waals surface area contributed by atoms with Crippen molar-refractivity contribution >= 4 is 10.0 Å². The van der Waals surface area contributed by atoms with E-state index in [0.717, 1.165) is 6.42 Å². The molecule has 0 saturated carbocycles. The van der Waals surface area contributed by atoms with Crippen LogP contribution in [0.1, 0.15) is 47.0 Å². The van der Waals surface area contributed by atoms with Crippen molar-refractivity contribution in [3.05, 3.63) is 0 Å². The Hall–Kier alpha value is -0.0900. The van der Waals surface area contributed by atoms with Gasteiger partial charge in [-0.05, 0) is 25.2 Å². The Morgan fingerprint density at radius 3 is 2.20 bits per heavy atom. The van der Waals surface area contributed by atoms with Gasteiger partial charge in [0.15, 0.2) is 0 Å². The van der Waals surface area contributed by atoms with E-state index in [1.54, 1.807) is 6.92 Å². The molecule has 0 aromatic heterocycles. The van der Waals surface area contributed by atoms with Gasteiger partial charge in [-0.15, -0.1) is 0 Å². The lowest BCUT2D eigenvalue weighted by Crippen LogP contribution is -2.32. The van der Waals surface area contributed by atoms with Gasteiger partial charge in [0.05, 0.1) is 5.75 Å². The third kappa shape index (κ3) is 6.90. The molecule has 0 amide bonds. The van der Waals surface area contributed by atoms with E-state index in [1.807, 2.05) is 0 Å². The standard InChI is InChI=1S/C11H25NO2S/c1-5-7-8-11(10(3)4)9-12-15(13,14)6-2/h10-12H,5-9H2,1-4H3. The van der Waals surface area contributed by atoms with Crippen LogP contribution < -0.4 is 4.72 Å². The van der Waals surface area contributed by atoms with Crippen LogP contribution in [0.3, 0.4) is 0 Å². The molecule has 0 aliphatic rings. The monoisotopic (exact) mass is 235 g/mol. The maximum atomic E-state index is 11.3. The van der Waals surface area contributed by atoms with Crippen molar-refractivity contribution in [3.63, 3.8) is 0 Å². The van der Waals surface area contributed by atoms with Crippen molar-refractivity contribution < 1.29 is 8.42 Å². The van der Waals surface area contributed by atoms with E-state index in [0.29, 0.717) is 18.4 Å². The third-order valence-electron chi connectivity index (χ3n) is 2.82. The number of rotatable bonds is 8. The van der Waals surface area contributed by atoms with Gasteiger partial charge in [0.25, 0.3) is 0 Å². The average Bonchev–Trinajstić information content (AvgIpc) is 2.17. The van der Waals surface area contributed by atoms with E-state index in [9.17, 15) is 8.42 Å². The van der Waals surface area contributed by atoms with Gasteiger partial charge in [0, 0.05) is 6.54 Å². The second-order valence-corrected chi connectivity index (χ2v) is 6.49. The molecule has 1 unspecified atom stereocenters. The molecule has 1 atom stereocenters. The summed E-state index contributed by atoms with van der Waals surface area (Å²) in [7, 11) is -3.02. The van der Waals surface area contributed by atoms with Crippen molar-refractivity contribution in [1.29, 1.82) is 0 Å². The second kappa shape index (κ2) is 7.23. The summed E-state index contributed by atoms with van der Waals surface area (Å²) in [6.07, 6.45) is 3.46. The topological polar surface area (TPSA) is 46.2 Å². The molecule has 0 radical (unpaired) electrons. The average molecular weight is 235 g/mol. The molecule has 15 heavy (non-hydrogen) atoms. The SMILES string of the molecule is CCCCC(CNS(=O)(=O)CC)C(C)C. The lowest BCUT2D eigenvalue weighted by molar-refractivity contribution is 0.348. The quantitative estimate of drug-likeness (QED) is 0.702. The van der Waals surface area contributed by atoms with Crippen molar-refractivity contribution in [2.75, 3.05) is 12.3 Å². The van der Waals surface area contributed by atoms with Crippen LogP contribution >= 0.6 is 0 Å². The van der Waals surface area contributed by atoms with E-state index in [2.05, 4.69) is 25.5 Å². The molecule has 0 heterocycles. The Morgan fingerprint density at radius 1 is 1.20 bits per heavy atom. The van der Waals surface area contributed by atoms with Gasteiger partial charge in [-0.3, -0.25) is 0 Å². The van der Waals surface area contributed by atoms with Gasteiger partial charge in [-0.25, -0.2) is 13.1 Å². The van der Waals surface area contributed by atoms with Gasteiger partial charge < -0.3 is 0 Å². The summed E-state index contributed by atoms with van der Waals surface area (Å²) in [5, 5.41) is 0. The number of sulfonamides is 1. The highest BCUT2D eigenvalue weighted by molar-refractivity contribution is 7.89. The van der Waals surface area contributed by atoms with Crippen molar-refractivity contribution in [2.24, 2.45) is 11.8 Å². The van der Waals surface area contributed by atoms with E-state index in [-0.39, 0.29) is 5.75 Å². The van der Waals surface area contributed by atoms with Crippen molar-refractivity contribution in [3.8, 4) is 0 Å². The molecule has 1 N–H and O–H groups in total. The Labute approximate surface area is 94.7 Å². The number of hydrogen-bond donors (Lipinski definition) is 1. The summed E-state index contributed by atoms with van der Waals surface area (Å²) >= 11 is 0. The summed E-state index contributed by atoms with van der Waals surface area (Å²) in [4.78, 5) is 0. The largest absolute Gasteiger partial charge is 0.215 e. The van der Waals surface area contributed by atoms with Crippen LogP contribution in [0.25, 0.3) is 0 Å². The summed E-state index contributed by atoms with van der Waals surface area (Å²) < 4.78 is 25.2. The molecule has 0 spiro atoms. The van der Waals surface area contributed by atoms with Crippen LogP contribution in [0.4, 0.5) is 0 Å². The molecule has 0 fully saturated rings. The summed E-state index contributed by atoms with van der Waals surface area (Å²) in [6.45, 7) is 8.72. The first kappa shape index (κ1) is 14.9. The lowest BCUT2D eigenvalue weighted by atomic mass is 9.91. The first-order chi connectivity index (χ1) is 6.93. The van der Waals surface area contributed by atoms with Crippen LogP contribution in [-0.4, -0.2) is 20.7 Å². The molecule has 92 valence electrons. The maximum Gasteiger partial charge on any atom is 0.211 e. The third-order valence-corrected chi connectivity index (χ3v) is 4.18. The first-order valence-corrected chi connectivity index (χ1v) is 7.55. The fourth-order valence-corrected chi connectivity index (χ4v) is 2.15. The number of nitrogens with one attached hydrogen (secondary N) is 1. The smallest absolute Gasteiger partial charge is 0.211 e. The predicted molar refractivity (Wildman–Crippen MR) is 65.3 cm³/mol. The highest BCUT2D eigenvalue weighted by Crippen LogP contribution is 2.17. The fourth-order valence-electron chi connectivity index (χ4n) is 1.47. The Kier molecular flexibility index (Phi) is 7.18. The van der Waals surface area contributed by atoms with Crippen molar-refractivity contribution in [2.45, 2.75) is 47.0 Å². The minimum absolute atomic E-state index is 0.172. The lowest BCUT2D eigenvalue weighted by Gasteiger charge is -2.20. The van der Waals surface area contributed by atoms with Gasteiger partial charge >= 0.3 is 0 Å². The molecule has 0 bridgehead atoms. The summed E-state index contributed by atoms with van der Waals surface area (Å²) in [6, 6.07) is 0. The molecule has 0 aromatic rings. The van der Waals surface area contributed by atoms with Crippen molar-refractivity contribution in [1.82, 2.24) is 4.72 Å². The van der Waals surface area contributed by atoms with Gasteiger partial charge in [-0.2, -0.15) is 0 Å². The Bertz CT molecular complexity index is 247. The van der Waals surface area contributed by atoms with E-state index in [4.69, 9.17) is 0 Å². The van der Waals surface area contributed by atoms with Crippen LogP contribution in [-0.2, 0) is 10.0 Å². The van der Waals surface area contributed by atoms with Crippen LogP contribution in [0, 0.1) is 11.8 Å². The molecule has 4 heteroatoms. The van der Waals surface area contributed by atoms with E-state index >= 15 is 0 Å². The van der Waals surface area contributed by atoms with E-state index < -0.39 is 10.0 Å². The first-order valence-electron chi connectivity index (χ1n) is 5.90. The second-order valence-electron chi connectivity index (χ2n) is 4.40. The molecule has 0 aliphatic carbocycles. The molecular formula is C11H25NO2S. The normalized spacial score (nSPS) is 14.5. The van der Waals surface area contributed by atoms with Crippen LogP contribution in [0.2, 0.25) is 0 Å². The predicted octanol–water partition coefficient (Wildman–Crippen LogP) is 2.39. The minimum atomic E-state index is -3.02.